The zero-order valence-electron chi connectivity index (χ0n) is 14.9. The quantitative estimate of drug-likeness (QED) is 0.770. The first kappa shape index (κ1) is 16.0. The summed E-state index contributed by atoms with van der Waals surface area (Å²) < 4.78 is 2.25. The van der Waals surface area contributed by atoms with Gasteiger partial charge in [0, 0.05) is 17.7 Å². The molecule has 0 radical (unpaired) electrons. The highest BCUT2D eigenvalue weighted by molar-refractivity contribution is 6.03. The van der Waals surface area contributed by atoms with E-state index in [1.165, 1.54) is 17.0 Å². The van der Waals surface area contributed by atoms with E-state index >= 15 is 0 Å². The van der Waals surface area contributed by atoms with Crippen molar-refractivity contribution >= 4 is 17.5 Å². The first-order chi connectivity index (χ1) is 12.0. The summed E-state index contributed by atoms with van der Waals surface area (Å²) in [6.07, 6.45) is 7.25. The zero-order chi connectivity index (χ0) is 17.6. The number of allylic oxidation sites excluding steroid dienone is 1. The number of hydrogen-bond acceptors (Lipinski definition) is 1. The Morgan fingerprint density at radius 3 is 2.56 bits per heavy atom. The summed E-state index contributed by atoms with van der Waals surface area (Å²) in [4.78, 5) is 0. The molecule has 0 N–H and O–H groups in total. The van der Waals surface area contributed by atoms with E-state index in [9.17, 15) is 5.11 Å². The Labute approximate surface area is 149 Å². The van der Waals surface area contributed by atoms with Crippen LogP contribution in [0.25, 0.3) is 6.08 Å². The van der Waals surface area contributed by atoms with Gasteiger partial charge in [0.05, 0.1) is 5.41 Å². The normalized spacial score (nSPS) is 23.8. The van der Waals surface area contributed by atoms with Crippen LogP contribution in [0.5, 0.6) is 0 Å². The van der Waals surface area contributed by atoms with Gasteiger partial charge in [-0.15, -0.1) is 0 Å². The van der Waals surface area contributed by atoms with Crippen molar-refractivity contribution in [1.82, 2.24) is 0 Å². The lowest BCUT2D eigenvalue weighted by atomic mass is 9.80. The van der Waals surface area contributed by atoms with Crippen molar-refractivity contribution in [3.63, 3.8) is 0 Å². The maximum Gasteiger partial charge on any atom is 0.209 e. The molecule has 0 aromatic heterocycles. The molecule has 2 nitrogen and oxygen atoms in total. The molecule has 1 heterocycles. The highest BCUT2D eigenvalue weighted by Gasteiger charge is 2.42. The first-order valence-corrected chi connectivity index (χ1v) is 8.82. The highest BCUT2D eigenvalue weighted by atomic mass is 16.3. The smallest absolute Gasteiger partial charge is 0.209 e. The van der Waals surface area contributed by atoms with Crippen LogP contribution in [0.3, 0.4) is 0 Å². The maximum atomic E-state index is 12.5. The van der Waals surface area contributed by atoms with Gasteiger partial charge in [-0.1, -0.05) is 66.8 Å². The average Bonchev–Trinajstić information content (AvgIpc) is 2.81. The van der Waals surface area contributed by atoms with Gasteiger partial charge in [0.2, 0.25) is 5.69 Å². The van der Waals surface area contributed by atoms with Crippen LogP contribution in [0, 0.1) is 0 Å². The Morgan fingerprint density at radius 2 is 1.76 bits per heavy atom. The summed E-state index contributed by atoms with van der Waals surface area (Å²) in [5, 5.41) is 12.5. The third-order valence-electron chi connectivity index (χ3n) is 5.58. The molecular weight excluding hydrogens is 306 g/mol. The summed E-state index contributed by atoms with van der Waals surface area (Å²) in [5.41, 5.74) is 6.02. The zero-order valence-corrected chi connectivity index (χ0v) is 14.9. The van der Waals surface area contributed by atoms with E-state index in [0.717, 1.165) is 11.1 Å². The Bertz CT molecular complexity index is 917. The topological polar surface area (TPSA) is 26.1 Å². The molecule has 25 heavy (non-hydrogen) atoms. The molecule has 0 bridgehead atoms. The second-order valence-electron chi connectivity index (χ2n) is 7.42. The highest BCUT2D eigenvalue weighted by Crippen LogP contribution is 2.39. The minimum absolute atomic E-state index is 0.0652. The number of rotatable bonds is 2. The van der Waals surface area contributed by atoms with Gasteiger partial charge in [0.15, 0.2) is 5.71 Å². The van der Waals surface area contributed by atoms with Gasteiger partial charge in [-0.2, -0.15) is 4.58 Å². The van der Waals surface area contributed by atoms with Crippen LogP contribution in [0.4, 0.5) is 5.69 Å². The third-order valence-corrected chi connectivity index (χ3v) is 5.58. The van der Waals surface area contributed by atoms with Crippen molar-refractivity contribution in [3.8, 4) is 0 Å². The number of nitrogens with zero attached hydrogens (tertiary/aromatic N) is 1. The van der Waals surface area contributed by atoms with E-state index in [4.69, 9.17) is 0 Å². The van der Waals surface area contributed by atoms with Gasteiger partial charge in [-0.3, -0.25) is 0 Å². The van der Waals surface area contributed by atoms with Gasteiger partial charge in [-0.25, -0.2) is 0 Å². The summed E-state index contributed by atoms with van der Waals surface area (Å²) in [7, 11) is 2.11. The average molecular weight is 329 g/mol. The third kappa shape index (κ3) is 2.49. The number of para-hydroxylation sites is 1. The minimum atomic E-state index is -0.732. The number of fused-ring (bicyclic) bond motifs is 2. The molecule has 2 atom stereocenters. The molecule has 1 aliphatic carbocycles. The molecule has 0 spiro atoms. The monoisotopic (exact) mass is 329 g/mol. The van der Waals surface area contributed by atoms with E-state index in [1.807, 2.05) is 18.2 Å². The van der Waals surface area contributed by atoms with Gasteiger partial charge >= 0.3 is 0 Å². The number of benzene rings is 2. The summed E-state index contributed by atoms with van der Waals surface area (Å²) >= 11 is 0. The molecule has 0 saturated carbocycles. The Morgan fingerprint density at radius 1 is 1.04 bits per heavy atom. The van der Waals surface area contributed by atoms with E-state index in [0.29, 0.717) is 0 Å². The molecule has 0 saturated heterocycles. The van der Waals surface area contributed by atoms with Gasteiger partial charge < -0.3 is 5.11 Å². The molecular formula is C23H23NO. The summed E-state index contributed by atoms with van der Waals surface area (Å²) in [6, 6.07) is 16.7. The van der Waals surface area contributed by atoms with Crippen LogP contribution in [-0.4, -0.2) is 23.4 Å². The number of hydrogen-bond donors (Lipinski definition) is 0. The van der Waals surface area contributed by atoms with Crippen molar-refractivity contribution in [2.45, 2.75) is 31.3 Å². The Kier molecular flexibility index (Phi) is 3.73. The van der Waals surface area contributed by atoms with Crippen molar-refractivity contribution < 1.29 is 9.68 Å². The second kappa shape index (κ2) is 5.82. The van der Waals surface area contributed by atoms with Gasteiger partial charge in [0.25, 0.3) is 0 Å². The second-order valence-corrected chi connectivity index (χ2v) is 7.42. The summed E-state index contributed by atoms with van der Waals surface area (Å²) in [6.45, 7) is 4.50. The molecule has 2 heteroatoms. The van der Waals surface area contributed by atoms with Crippen molar-refractivity contribution in [1.29, 1.82) is 0 Å². The van der Waals surface area contributed by atoms with Crippen LogP contribution in [-0.2, 0) is 5.41 Å². The predicted molar refractivity (Wildman–Crippen MR) is 101 cm³/mol. The molecule has 0 fully saturated rings. The Balaban J connectivity index is 1.74. The van der Waals surface area contributed by atoms with E-state index in [2.05, 4.69) is 74.0 Å². The van der Waals surface area contributed by atoms with E-state index in [-0.39, 0.29) is 11.3 Å². The van der Waals surface area contributed by atoms with Crippen molar-refractivity contribution in [2.75, 3.05) is 7.05 Å². The minimum Gasteiger partial charge on any atom is -0.848 e. The molecule has 2 aliphatic rings. The van der Waals surface area contributed by atoms with Crippen molar-refractivity contribution in [3.05, 3.63) is 83.4 Å². The fraction of sp³-hybridized carbons (Fsp3) is 0.261. The van der Waals surface area contributed by atoms with Crippen molar-refractivity contribution in [2.24, 2.45) is 0 Å². The lowest BCUT2D eigenvalue weighted by Gasteiger charge is -2.32. The molecule has 4 rings (SSSR count). The van der Waals surface area contributed by atoms with Crippen LogP contribution < -0.4 is 5.11 Å². The first-order valence-electron chi connectivity index (χ1n) is 8.82. The fourth-order valence-electron chi connectivity index (χ4n) is 4.17. The van der Waals surface area contributed by atoms with Gasteiger partial charge in [-0.05, 0) is 30.9 Å². The fourth-order valence-corrected chi connectivity index (χ4v) is 4.17. The predicted octanol–water partition coefficient (Wildman–Crippen LogP) is 3.79. The van der Waals surface area contributed by atoms with Crippen LogP contribution >= 0.6 is 0 Å². The Hall–Kier alpha value is -2.45. The van der Waals surface area contributed by atoms with E-state index in [1.54, 1.807) is 6.08 Å². The largest absolute Gasteiger partial charge is 0.848 e. The van der Waals surface area contributed by atoms with Crippen LogP contribution in [0.1, 0.15) is 36.5 Å². The van der Waals surface area contributed by atoms with Crippen LogP contribution in [0.15, 0.2) is 66.8 Å². The molecule has 2 aromatic rings. The van der Waals surface area contributed by atoms with E-state index < -0.39 is 6.10 Å². The molecule has 0 amide bonds. The van der Waals surface area contributed by atoms with Crippen LogP contribution in [0.2, 0.25) is 0 Å². The lowest BCUT2D eigenvalue weighted by Crippen LogP contribution is -2.32. The molecule has 2 aromatic carbocycles. The maximum absolute atomic E-state index is 12.5. The van der Waals surface area contributed by atoms with Gasteiger partial charge in [0.1, 0.15) is 7.05 Å². The molecule has 2 unspecified atom stereocenters. The molecule has 1 aliphatic heterocycles. The lowest BCUT2D eigenvalue weighted by molar-refractivity contribution is -0.406. The SMILES string of the molecule is C[N+]1=C(/C=C\C2c3ccccc3C=CC2[O-])C(C)(C)c2ccccc21. The molecule has 126 valence electrons. The summed E-state index contributed by atoms with van der Waals surface area (Å²) in [5.74, 6) is -0.124. The standard InChI is InChI=1S/C23H23NO/c1-23(2)19-10-6-7-11-20(19)24(3)22(23)15-13-18-17-9-5-4-8-16(17)12-14-21(18)25/h4-15,18,21H,1-3H3/b15-13-.